The number of hydrogen-bond donors (Lipinski definition) is 1. The van der Waals surface area contributed by atoms with Gasteiger partial charge in [-0.15, -0.1) is 0 Å². The van der Waals surface area contributed by atoms with E-state index >= 15 is 0 Å². The van der Waals surface area contributed by atoms with Crippen molar-refractivity contribution < 1.29 is 9.53 Å². The fraction of sp³-hybridized carbons (Fsp3) is 0.235. The number of rotatable bonds is 2. The summed E-state index contributed by atoms with van der Waals surface area (Å²) in [5.41, 5.74) is 8.19. The zero-order valence-electron chi connectivity index (χ0n) is 12.0. The fourth-order valence-corrected chi connectivity index (χ4v) is 2.66. The van der Waals surface area contributed by atoms with Crippen LogP contribution in [0.3, 0.4) is 0 Å². The lowest BCUT2D eigenvalue weighted by Crippen LogP contribution is -2.34. The van der Waals surface area contributed by atoms with E-state index in [4.69, 9.17) is 10.5 Å². The van der Waals surface area contributed by atoms with E-state index in [2.05, 4.69) is 0 Å². The molecule has 1 heterocycles. The maximum absolute atomic E-state index is 12.8. The number of hydrogen-bond acceptors (Lipinski definition) is 3. The predicted molar refractivity (Wildman–Crippen MR) is 83.6 cm³/mol. The highest BCUT2D eigenvalue weighted by molar-refractivity contribution is 5.98. The van der Waals surface area contributed by atoms with Crippen molar-refractivity contribution in [3.63, 3.8) is 0 Å². The van der Waals surface area contributed by atoms with Crippen LogP contribution in [0.15, 0.2) is 48.5 Å². The lowest BCUT2D eigenvalue weighted by molar-refractivity contribution is -0.120. The Kier molecular flexibility index (Phi) is 3.52. The Bertz CT molecular complexity index is 652. The standard InChI is InChI=1S/C17H18N2O2/c1-19(13-8-6-12(18)7-9-13)17(20)15-10-11-21-16-5-3-2-4-14(15)16/h2-9,15H,10-11,18H2,1H3. The van der Waals surface area contributed by atoms with Gasteiger partial charge < -0.3 is 15.4 Å². The number of anilines is 2. The molecule has 0 fully saturated rings. The maximum Gasteiger partial charge on any atom is 0.234 e. The molecule has 4 heteroatoms. The van der Waals surface area contributed by atoms with Gasteiger partial charge >= 0.3 is 0 Å². The second kappa shape index (κ2) is 5.48. The number of nitrogen functional groups attached to an aromatic ring is 1. The Hall–Kier alpha value is -2.49. The summed E-state index contributed by atoms with van der Waals surface area (Å²) >= 11 is 0. The Morgan fingerprint density at radius 3 is 2.67 bits per heavy atom. The zero-order valence-corrected chi connectivity index (χ0v) is 12.0. The molecule has 0 saturated carbocycles. The number of carbonyl (C=O) groups excluding carboxylic acids is 1. The largest absolute Gasteiger partial charge is 0.493 e. The second-order valence-corrected chi connectivity index (χ2v) is 5.22. The van der Waals surface area contributed by atoms with Gasteiger partial charge in [-0.3, -0.25) is 4.79 Å². The van der Waals surface area contributed by atoms with Crippen molar-refractivity contribution in [3.05, 3.63) is 54.1 Å². The third kappa shape index (κ3) is 2.57. The van der Waals surface area contributed by atoms with Crippen LogP contribution in [0.1, 0.15) is 17.9 Å². The molecule has 21 heavy (non-hydrogen) atoms. The smallest absolute Gasteiger partial charge is 0.234 e. The van der Waals surface area contributed by atoms with Crippen LogP contribution in [0.4, 0.5) is 11.4 Å². The molecule has 108 valence electrons. The number of amides is 1. The van der Waals surface area contributed by atoms with Gasteiger partial charge in [0.25, 0.3) is 0 Å². The normalized spacial score (nSPS) is 16.7. The minimum atomic E-state index is -0.155. The molecule has 0 spiro atoms. The molecule has 1 atom stereocenters. The number of para-hydroxylation sites is 1. The van der Waals surface area contributed by atoms with E-state index < -0.39 is 0 Å². The highest BCUT2D eigenvalue weighted by atomic mass is 16.5. The third-order valence-corrected chi connectivity index (χ3v) is 3.87. The minimum absolute atomic E-state index is 0.0792. The average molecular weight is 282 g/mol. The first-order valence-corrected chi connectivity index (χ1v) is 7.01. The van der Waals surface area contributed by atoms with Crippen molar-refractivity contribution in [1.29, 1.82) is 0 Å². The number of ether oxygens (including phenoxy) is 1. The van der Waals surface area contributed by atoms with Gasteiger partial charge in [0.05, 0.1) is 12.5 Å². The van der Waals surface area contributed by atoms with Gasteiger partial charge in [-0.05, 0) is 36.8 Å². The van der Waals surface area contributed by atoms with Crippen molar-refractivity contribution in [2.24, 2.45) is 0 Å². The number of carbonyl (C=O) groups is 1. The van der Waals surface area contributed by atoms with Crippen LogP contribution in [0.2, 0.25) is 0 Å². The van der Waals surface area contributed by atoms with Crippen LogP contribution in [0.25, 0.3) is 0 Å². The molecule has 1 unspecified atom stereocenters. The Morgan fingerprint density at radius 1 is 1.19 bits per heavy atom. The number of fused-ring (bicyclic) bond motifs is 1. The SMILES string of the molecule is CN(C(=O)C1CCOc2ccccc21)c1ccc(N)cc1. The quantitative estimate of drug-likeness (QED) is 0.862. The summed E-state index contributed by atoms with van der Waals surface area (Å²) in [6, 6.07) is 15.1. The van der Waals surface area contributed by atoms with Crippen molar-refractivity contribution in [3.8, 4) is 5.75 Å². The van der Waals surface area contributed by atoms with E-state index in [9.17, 15) is 4.79 Å². The molecule has 0 radical (unpaired) electrons. The van der Waals surface area contributed by atoms with Gasteiger partial charge in [-0.1, -0.05) is 18.2 Å². The molecule has 4 nitrogen and oxygen atoms in total. The van der Waals surface area contributed by atoms with Gasteiger partial charge in [0.15, 0.2) is 0 Å². The monoisotopic (exact) mass is 282 g/mol. The second-order valence-electron chi connectivity index (χ2n) is 5.22. The molecule has 3 rings (SSSR count). The maximum atomic E-state index is 12.8. The van der Waals surface area contributed by atoms with Gasteiger partial charge in [0.2, 0.25) is 5.91 Å². The topological polar surface area (TPSA) is 55.6 Å². The molecule has 0 aliphatic carbocycles. The summed E-state index contributed by atoms with van der Waals surface area (Å²) in [5.74, 6) is 0.737. The molecule has 2 aromatic carbocycles. The van der Waals surface area contributed by atoms with Gasteiger partial charge in [-0.25, -0.2) is 0 Å². The minimum Gasteiger partial charge on any atom is -0.493 e. The first-order chi connectivity index (χ1) is 10.2. The highest BCUT2D eigenvalue weighted by Crippen LogP contribution is 2.35. The molecule has 1 aliphatic rings. The summed E-state index contributed by atoms with van der Waals surface area (Å²) in [6.07, 6.45) is 0.704. The van der Waals surface area contributed by atoms with Crippen LogP contribution in [-0.4, -0.2) is 19.6 Å². The van der Waals surface area contributed by atoms with E-state index in [1.54, 1.807) is 24.1 Å². The summed E-state index contributed by atoms with van der Waals surface area (Å²) < 4.78 is 5.62. The number of likely N-dealkylation sites (N-methyl/N-ethyl adjacent to an activating group) is 1. The molecule has 1 aliphatic heterocycles. The summed E-state index contributed by atoms with van der Waals surface area (Å²) in [7, 11) is 1.80. The Morgan fingerprint density at radius 2 is 1.90 bits per heavy atom. The number of nitrogens with zero attached hydrogens (tertiary/aromatic N) is 1. The highest BCUT2D eigenvalue weighted by Gasteiger charge is 2.29. The van der Waals surface area contributed by atoms with Gasteiger partial charge in [-0.2, -0.15) is 0 Å². The van der Waals surface area contributed by atoms with Gasteiger partial charge in [0, 0.05) is 24.0 Å². The molecule has 2 aromatic rings. The summed E-state index contributed by atoms with van der Waals surface area (Å²) in [4.78, 5) is 14.5. The Labute approximate surface area is 124 Å². The van der Waals surface area contributed by atoms with Crippen LogP contribution in [0, 0.1) is 0 Å². The van der Waals surface area contributed by atoms with E-state index in [0.29, 0.717) is 18.7 Å². The van der Waals surface area contributed by atoms with E-state index in [1.165, 1.54) is 0 Å². The molecular weight excluding hydrogens is 264 g/mol. The van der Waals surface area contributed by atoms with E-state index in [1.807, 2.05) is 36.4 Å². The molecule has 0 aromatic heterocycles. The zero-order chi connectivity index (χ0) is 14.8. The Balaban J connectivity index is 1.87. The molecule has 2 N–H and O–H groups in total. The average Bonchev–Trinajstić information content (AvgIpc) is 2.53. The molecule has 1 amide bonds. The van der Waals surface area contributed by atoms with E-state index in [0.717, 1.165) is 17.0 Å². The predicted octanol–water partition coefficient (Wildman–Crippen LogP) is 2.80. The fourth-order valence-electron chi connectivity index (χ4n) is 2.66. The molecule has 0 bridgehead atoms. The van der Waals surface area contributed by atoms with Crippen LogP contribution in [-0.2, 0) is 4.79 Å². The van der Waals surface area contributed by atoms with Crippen molar-refractivity contribution in [2.45, 2.75) is 12.3 Å². The van der Waals surface area contributed by atoms with Crippen LogP contribution in [0.5, 0.6) is 5.75 Å². The van der Waals surface area contributed by atoms with E-state index in [-0.39, 0.29) is 11.8 Å². The lowest BCUT2D eigenvalue weighted by atomic mass is 9.92. The van der Waals surface area contributed by atoms with Crippen molar-refractivity contribution in [1.82, 2.24) is 0 Å². The van der Waals surface area contributed by atoms with Crippen LogP contribution < -0.4 is 15.4 Å². The molecule has 0 saturated heterocycles. The van der Waals surface area contributed by atoms with Crippen molar-refractivity contribution in [2.75, 3.05) is 24.3 Å². The molecular formula is C17H18N2O2. The first kappa shape index (κ1) is 13.5. The number of nitrogens with two attached hydrogens (primary N) is 1. The lowest BCUT2D eigenvalue weighted by Gasteiger charge is -2.28. The van der Waals surface area contributed by atoms with Crippen LogP contribution >= 0.6 is 0 Å². The third-order valence-electron chi connectivity index (χ3n) is 3.87. The number of benzene rings is 2. The van der Waals surface area contributed by atoms with Gasteiger partial charge in [0.1, 0.15) is 5.75 Å². The first-order valence-electron chi connectivity index (χ1n) is 7.01. The summed E-state index contributed by atoms with van der Waals surface area (Å²) in [5, 5.41) is 0. The van der Waals surface area contributed by atoms with Crippen molar-refractivity contribution >= 4 is 17.3 Å². The summed E-state index contributed by atoms with van der Waals surface area (Å²) in [6.45, 7) is 0.572.